The van der Waals surface area contributed by atoms with E-state index in [9.17, 15) is 9.59 Å². The zero-order chi connectivity index (χ0) is 21.6. The summed E-state index contributed by atoms with van der Waals surface area (Å²) in [6.07, 6.45) is 19.0. The van der Waals surface area contributed by atoms with E-state index in [0.29, 0.717) is 32.3 Å². The number of halogens is 1. The van der Waals surface area contributed by atoms with Crippen LogP contribution < -0.4 is 0 Å². The van der Waals surface area contributed by atoms with Gasteiger partial charge in [0.2, 0.25) is 0 Å². The molecule has 1 atom stereocenters. The van der Waals surface area contributed by atoms with Crippen molar-refractivity contribution in [3.8, 4) is 0 Å². The van der Waals surface area contributed by atoms with Crippen molar-refractivity contribution < 1.29 is 19.1 Å². The second-order valence-electron chi connectivity index (χ2n) is 8.13. The molecule has 1 unspecified atom stereocenters. The van der Waals surface area contributed by atoms with Crippen molar-refractivity contribution >= 4 is 23.5 Å². The fourth-order valence-electron chi connectivity index (χ4n) is 3.20. The summed E-state index contributed by atoms with van der Waals surface area (Å²) in [5.74, 6) is -0.412. The van der Waals surface area contributed by atoms with Crippen LogP contribution >= 0.6 is 11.6 Å². The third kappa shape index (κ3) is 23.4. The second-order valence-corrected chi connectivity index (χ2v) is 8.88. The first-order valence-electron chi connectivity index (χ1n) is 12.0. The number of esters is 2. The predicted octanol–water partition coefficient (Wildman–Crippen LogP) is 7.35. The Hall–Kier alpha value is -0.770. The molecular weight excluding hydrogens is 388 g/mol. The first kappa shape index (κ1) is 28.2. The van der Waals surface area contributed by atoms with Gasteiger partial charge in [-0.05, 0) is 26.2 Å². The van der Waals surface area contributed by atoms with Crippen molar-refractivity contribution in [2.45, 2.75) is 128 Å². The lowest BCUT2D eigenvalue weighted by atomic mass is 10.0. The van der Waals surface area contributed by atoms with E-state index in [2.05, 4.69) is 6.92 Å². The molecule has 0 aliphatic carbocycles. The number of hydrogen-bond acceptors (Lipinski definition) is 4. The van der Waals surface area contributed by atoms with Crippen LogP contribution in [0.2, 0.25) is 0 Å². The van der Waals surface area contributed by atoms with Crippen molar-refractivity contribution in [1.82, 2.24) is 0 Å². The topological polar surface area (TPSA) is 52.6 Å². The molecule has 29 heavy (non-hydrogen) atoms. The minimum atomic E-state index is -0.252. The van der Waals surface area contributed by atoms with Crippen LogP contribution in [0.4, 0.5) is 0 Å². The molecule has 0 saturated carbocycles. The summed E-state index contributed by atoms with van der Waals surface area (Å²) < 4.78 is 10.2. The molecule has 0 amide bonds. The molecule has 0 fully saturated rings. The number of ether oxygens (including phenoxy) is 2. The van der Waals surface area contributed by atoms with E-state index in [1.54, 1.807) is 6.92 Å². The van der Waals surface area contributed by atoms with E-state index in [4.69, 9.17) is 21.1 Å². The SMILES string of the molecule is CCCCCCCCCCCCCCCOC(=O)CCCCC(=O)OCC(C)Cl. The monoisotopic (exact) mass is 432 g/mol. The molecule has 0 rings (SSSR count). The molecular formula is C24H45ClO4. The van der Waals surface area contributed by atoms with Crippen LogP contribution in [0.3, 0.4) is 0 Å². The molecule has 0 aromatic heterocycles. The van der Waals surface area contributed by atoms with Gasteiger partial charge in [-0.1, -0.05) is 84.0 Å². The molecule has 4 nitrogen and oxygen atoms in total. The lowest BCUT2D eigenvalue weighted by molar-refractivity contribution is -0.146. The van der Waals surface area contributed by atoms with Crippen LogP contribution in [0, 0.1) is 0 Å². The average Bonchev–Trinajstić information content (AvgIpc) is 2.70. The standard InChI is InChI=1S/C24H45ClO4/c1-3-4-5-6-7-8-9-10-11-12-13-14-17-20-28-23(26)18-15-16-19-24(27)29-21-22(2)25/h22H,3-21H2,1-2H3. The van der Waals surface area contributed by atoms with Gasteiger partial charge in [-0.3, -0.25) is 9.59 Å². The Kier molecular flexibility index (Phi) is 21.3. The van der Waals surface area contributed by atoms with Gasteiger partial charge in [-0.2, -0.15) is 0 Å². The van der Waals surface area contributed by atoms with E-state index in [-0.39, 0.29) is 23.9 Å². The highest BCUT2D eigenvalue weighted by Crippen LogP contribution is 2.12. The van der Waals surface area contributed by atoms with Crippen LogP contribution in [0.5, 0.6) is 0 Å². The van der Waals surface area contributed by atoms with Gasteiger partial charge in [0.15, 0.2) is 0 Å². The largest absolute Gasteiger partial charge is 0.466 e. The lowest BCUT2D eigenvalue weighted by Crippen LogP contribution is -2.11. The zero-order valence-corrected chi connectivity index (χ0v) is 19.8. The van der Waals surface area contributed by atoms with Crippen LogP contribution in [0.1, 0.15) is 123 Å². The van der Waals surface area contributed by atoms with Gasteiger partial charge in [-0.15, -0.1) is 11.6 Å². The molecule has 0 heterocycles. The van der Waals surface area contributed by atoms with E-state index in [0.717, 1.165) is 12.8 Å². The predicted molar refractivity (Wildman–Crippen MR) is 121 cm³/mol. The summed E-state index contributed by atoms with van der Waals surface area (Å²) in [4.78, 5) is 23.1. The van der Waals surface area contributed by atoms with Gasteiger partial charge >= 0.3 is 11.9 Å². The Morgan fingerprint density at radius 1 is 0.655 bits per heavy atom. The van der Waals surface area contributed by atoms with E-state index >= 15 is 0 Å². The maximum absolute atomic E-state index is 11.7. The minimum absolute atomic E-state index is 0.160. The Bertz CT molecular complexity index is 385. The summed E-state index contributed by atoms with van der Waals surface area (Å²) in [7, 11) is 0. The number of rotatable bonds is 21. The van der Waals surface area contributed by atoms with Crippen LogP contribution in [-0.4, -0.2) is 30.5 Å². The fourth-order valence-corrected chi connectivity index (χ4v) is 3.26. The summed E-state index contributed by atoms with van der Waals surface area (Å²) in [6, 6.07) is 0. The zero-order valence-electron chi connectivity index (χ0n) is 19.0. The first-order valence-corrected chi connectivity index (χ1v) is 12.4. The van der Waals surface area contributed by atoms with Gasteiger partial charge in [0.25, 0.3) is 0 Å². The minimum Gasteiger partial charge on any atom is -0.466 e. The van der Waals surface area contributed by atoms with E-state index in [1.165, 1.54) is 70.6 Å². The summed E-state index contributed by atoms with van der Waals surface area (Å²) in [5, 5.41) is -0.168. The van der Waals surface area contributed by atoms with E-state index < -0.39 is 0 Å². The number of alkyl halides is 1. The fraction of sp³-hybridized carbons (Fsp3) is 0.917. The Morgan fingerprint density at radius 2 is 1.07 bits per heavy atom. The van der Waals surface area contributed by atoms with Crippen LogP contribution in [0.25, 0.3) is 0 Å². The third-order valence-corrected chi connectivity index (χ3v) is 5.12. The number of hydrogen-bond donors (Lipinski definition) is 0. The molecule has 0 spiro atoms. The molecule has 172 valence electrons. The Morgan fingerprint density at radius 3 is 1.52 bits per heavy atom. The van der Waals surface area contributed by atoms with Gasteiger partial charge in [0.05, 0.1) is 12.0 Å². The van der Waals surface area contributed by atoms with Crippen molar-refractivity contribution in [3.63, 3.8) is 0 Å². The normalized spacial score (nSPS) is 12.0. The molecule has 0 N–H and O–H groups in total. The number of carbonyl (C=O) groups is 2. The Balaban J connectivity index is 3.25. The lowest BCUT2D eigenvalue weighted by Gasteiger charge is -2.06. The van der Waals surface area contributed by atoms with E-state index in [1.807, 2.05) is 0 Å². The Labute approximate surface area is 184 Å². The van der Waals surface area contributed by atoms with Gasteiger partial charge < -0.3 is 9.47 Å². The molecule has 0 aliphatic rings. The average molecular weight is 433 g/mol. The highest BCUT2D eigenvalue weighted by molar-refractivity contribution is 6.20. The van der Waals surface area contributed by atoms with Crippen molar-refractivity contribution in [1.29, 1.82) is 0 Å². The van der Waals surface area contributed by atoms with Gasteiger partial charge in [-0.25, -0.2) is 0 Å². The molecule has 0 aromatic carbocycles. The quantitative estimate of drug-likeness (QED) is 0.108. The van der Waals surface area contributed by atoms with Gasteiger partial charge in [0, 0.05) is 12.8 Å². The highest BCUT2D eigenvalue weighted by Gasteiger charge is 2.07. The number of carbonyl (C=O) groups excluding carboxylic acids is 2. The van der Waals surface area contributed by atoms with Crippen molar-refractivity contribution in [3.05, 3.63) is 0 Å². The highest BCUT2D eigenvalue weighted by atomic mass is 35.5. The molecule has 0 radical (unpaired) electrons. The maximum atomic E-state index is 11.7. The summed E-state index contributed by atoms with van der Waals surface area (Å²) >= 11 is 5.72. The first-order chi connectivity index (χ1) is 14.1. The maximum Gasteiger partial charge on any atom is 0.305 e. The van der Waals surface area contributed by atoms with Gasteiger partial charge in [0.1, 0.15) is 6.61 Å². The summed E-state index contributed by atoms with van der Waals surface area (Å²) in [6.45, 7) is 4.80. The molecule has 5 heteroatoms. The molecule has 0 saturated heterocycles. The third-order valence-electron chi connectivity index (χ3n) is 5.00. The molecule has 0 bridgehead atoms. The molecule has 0 aliphatic heterocycles. The summed E-state index contributed by atoms with van der Waals surface area (Å²) in [5.41, 5.74) is 0. The van der Waals surface area contributed by atoms with Crippen LogP contribution in [0.15, 0.2) is 0 Å². The van der Waals surface area contributed by atoms with Crippen molar-refractivity contribution in [2.24, 2.45) is 0 Å². The smallest absolute Gasteiger partial charge is 0.305 e. The number of unbranched alkanes of at least 4 members (excludes halogenated alkanes) is 13. The van der Waals surface area contributed by atoms with Crippen LogP contribution in [-0.2, 0) is 19.1 Å². The second kappa shape index (κ2) is 21.9. The molecule has 0 aromatic rings. The van der Waals surface area contributed by atoms with Crippen molar-refractivity contribution in [2.75, 3.05) is 13.2 Å².